The van der Waals surface area contributed by atoms with Gasteiger partial charge in [0.15, 0.2) is 5.92 Å². The lowest BCUT2D eigenvalue weighted by molar-refractivity contribution is -0.196. The SMILES string of the molecule is Cn1ccn(CC(C(=O)O)C(F)(F)F)c1=O. The number of rotatable bonds is 3. The van der Waals surface area contributed by atoms with Gasteiger partial charge in [-0.05, 0) is 0 Å². The Labute approximate surface area is 87.7 Å². The molecule has 1 rings (SSSR count). The van der Waals surface area contributed by atoms with Gasteiger partial charge in [0.2, 0.25) is 0 Å². The maximum atomic E-state index is 12.3. The highest BCUT2D eigenvalue weighted by Gasteiger charge is 2.45. The number of alkyl halides is 3. The Morgan fingerprint density at radius 1 is 1.50 bits per heavy atom. The molecule has 0 fully saturated rings. The van der Waals surface area contributed by atoms with Crippen LogP contribution in [0.3, 0.4) is 0 Å². The van der Waals surface area contributed by atoms with E-state index in [0.29, 0.717) is 4.57 Å². The number of carbonyl (C=O) groups is 1. The Morgan fingerprint density at radius 2 is 2.06 bits per heavy atom. The summed E-state index contributed by atoms with van der Waals surface area (Å²) in [5.41, 5.74) is -0.685. The molecule has 0 aliphatic rings. The second-order valence-corrected chi connectivity index (χ2v) is 3.28. The summed E-state index contributed by atoms with van der Waals surface area (Å²) < 4.78 is 38.7. The minimum Gasteiger partial charge on any atom is -0.481 e. The smallest absolute Gasteiger partial charge is 0.403 e. The van der Waals surface area contributed by atoms with Crippen molar-refractivity contribution in [1.82, 2.24) is 9.13 Å². The normalized spacial score (nSPS) is 13.8. The fraction of sp³-hybridized carbons (Fsp3) is 0.500. The standard InChI is InChI=1S/C8H9F3N2O3/c1-12-2-3-13(7(12)16)4-5(6(14)15)8(9,10)11/h2-3,5H,4H2,1H3,(H,14,15). The van der Waals surface area contributed by atoms with Crippen molar-refractivity contribution in [3.63, 3.8) is 0 Å². The number of aliphatic carboxylic acids is 1. The molecule has 0 radical (unpaired) electrons. The number of aromatic nitrogens is 2. The van der Waals surface area contributed by atoms with Crippen LogP contribution >= 0.6 is 0 Å². The van der Waals surface area contributed by atoms with Crippen LogP contribution in [0.1, 0.15) is 0 Å². The van der Waals surface area contributed by atoms with Crippen LogP contribution in [-0.2, 0) is 18.4 Å². The highest BCUT2D eigenvalue weighted by atomic mass is 19.4. The summed E-state index contributed by atoms with van der Waals surface area (Å²) in [6, 6.07) is 0. The zero-order valence-electron chi connectivity index (χ0n) is 8.23. The van der Waals surface area contributed by atoms with Gasteiger partial charge in [-0.3, -0.25) is 9.36 Å². The average Bonchev–Trinajstić information content (AvgIpc) is 2.42. The highest BCUT2D eigenvalue weighted by Crippen LogP contribution is 2.27. The van der Waals surface area contributed by atoms with Gasteiger partial charge in [0.1, 0.15) is 0 Å². The van der Waals surface area contributed by atoms with E-state index in [2.05, 4.69) is 0 Å². The number of carboxylic acids is 1. The zero-order valence-corrected chi connectivity index (χ0v) is 8.23. The monoisotopic (exact) mass is 238 g/mol. The molecule has 0 spiro atoms. The Bertz CT molecular complexity index is 446. The van der Waals surface area contributed by atoms with E-state index in [0.717, 1.165) is 10.8 Å². The largest absolute Gasteiger partial charge is 0.481 e. The molecule has 8 heteroatoms. The van der Waals surface area contributed by atoms with Crippen LogP contribution < -0.4 is 5.69 Å². The van der Waals surface area contributed by atoms with Crippen LogP contribution in [0.2, 0.25) is 0 Å². The molecule has 0 amide bonds. The summed E-state index contributed by atoms with van der Waals surface area (Å²) >= 11 is 0. The first-order valence-electron chi connectivity index (χ1n) is 4.24. The fourth-order valence-corrected chi connectivity index (χ4v) is 1.17. The van der Waals surface area contributed by atoms with Gasteiger partial charge in [-0.1, -0.05) is 0 Å². The number of carboxylic acid groups (broad SMARTS) is 1. The van der Waals surface area contributed by atoms with Crippen LogP contribution in [0.25, 0.3) is 0 Å². The van der Waals surface area contributed by atoms with Crippen LogP contribution in [0.5, 0.6) is 0 Å². The number of imidazole rings is 1. The van der Waals surface area contributed by atoms with Gasteiger partial charge < -0.3 is 9.67 Å². The molecule has 1 aromatic rings. The maximum absolute atomic E-state index is 12.3. The zero-order chi connectivity index (χ0) is 12.5. The third-order valence-corrected chi connectivity index (χ3v) is 2.09. The lowest BCUT2D eigenvalue weighted by Gasteiger charge is -2.15. The average molecular weight is 238 g/mol. The van der Waals surface area contributed by atoms with Gasteiger partial charge in [0, 0.05) is 26.0 Å². The second-order valence-electron chi connectivity index (χ2n) is 3.28. The van der Waals surface area contributed by atoms with Gasteiger partial charge in [-0.15, -0.1) is 0 Å². The summed E-state index contributed by atoms with van der Waals surface area (Å²) in [6.45, 7) is -0.918. The molecule has 5 nitrogen and oxygen atoms in total. The van der Waals surface area contributed by atoms with E-state index in [-0.39, 0.29) is 0 Å². The Hall–Kier alpha value is -1.73. The number of hydrogen-bond acceptors (Lipinski definition) is 2. The van der Waals surface area contributed by atoms with Gasteiger partial charge in [-0.2, -0.15) is 13.2 Å². The topological polar surface area (TPSA) is 64.2 Å². The van der Waals surface area contributed by atoms with Gasteiger partial charge in [0.25, 0.3) is 0 Å². The van der Waals surface area contributed by atoms with Crippen molar-refractivity contribution in [3.05, 3.63) is 22.9 Å². The van der Waals surface area contributed by atoms with Crippen molar-refractivity contribution in [3.8, 4) is 0 Å². The molecular weight excluding hydrogens is 229 g/mol. The minimum absolute atomic E-state index is 0.685. The molecule has 1 heterocycles. The molecule has 0 saturated carbocycles. The Morgan fingerprint density at radius 3 is 2.38 bits per heavy atom. The van der Waals surface area contributed by atoms with E-state index in [1.807, 2.05) is 0 Å². The molecule has 0 aromatic carbocycles. The highest BCUT2D eigenvalue weighted by molar-refractivity contribution is 5.70. The summed E-state index contributed by atoms with van der Waals surface area (Å²) in [6.07, 6.45) is -2.50. The predicted octanol–water partition coefficient (Wildman–Crippen LogP) is 0.450. The van der Waals surface area contributed by atoms with Crippen LogP contribution in [0.15, 0.2) is 17.2 Å². The summed E-state index contributed by atoms with van der Waals surface area (Å²) in [4.78, 5) is 21.6. The first-order valence-corrected chi connectivity index (χ1v) is 4.24. The predicted molar refractivity (Wildman–Crippen MR) is 46.9 cm³/mol. The Kier molecular flexibility index (Phi) is 3.11. The lowest BCUT2D eigenvalue weighted by Crippen LogP contribution is -2.37. The van der Waals surface area contributed by atoms with E-state index in [4.69, 9.17) is 5.11 Å². The van der Waals surface area contributed by atoms with Gasteiger partial charge in [-0.25, -0.2) is 4.79 Å². The van der Waals surface area contributed by atoms with E-state index >= 15 is 0 Å². The van der Waals surface area contributed by atoms with E-state index < -0.39 is 30.3 Å². The number of nitrogens with zero attached hydrogens (tertiary/aromatic N) is 2. The fourth-order valence-electron chi connectivity index (χ4n) is 1.17. The first-order chi connectivity index (χ1) is 7.23. The van der Waals surface area contributed by atoms with Crippen molar-refractivity contribution in [2.75, 3.05) is 0 Å². The van der Waals surface area contributed by atoms with Gasteiger partial charge in [0.05, 0.1) is 0 Å². The molecular formula is C8H9F3N2O3. The minimum atomic E-state index is -4.87. The molecule has 1 atom stereocenters. The number of hydrogen-bond donors (Lipinski definition) is 1. The van der Waals surface area contributed by atoms with E-state index in [9.17, 15) is 22.8 Å². The Balaban J connectivity index is 2.98. The van der Waals surface area contributed by atoms with E-state index in [1.165, 1.54) is 13.2 Å². The summed E-state index contributed by atoms with van der Waals surface area (Å²) in [7, 11) is 1.36. The third kappa shape index (κ3) is 2.44. The molecule has 1 unspecified atom stereocenters. The van der Waals surface area contributed by atoms with Crippen molar-refractivity contribution in [2.45, 2.75) is 12.7 Å². The van der Waals surface area contributed by atoms with Crippen LogP contribution in [0.4, 0.5) is 13.2 Å². The molecule has 1 aromatic heterocycles. The molecule has 0 bridgehead atoms. The second kappa shape index (κ2) is 4.03. The van der Waals surface area contributed by atoms with E-state index in [1.54, 1.807) is 0 Å². The molecule has 16 heavy (non-hydrogen) atoms. The van der Waals surface area contributed by atoms with Crippen LogP contribution in [-0.4, -0.2) is 26.4 Å². The lowest BCUT2D eigenvalue weighted by atomic mass is 10.1. The van der Waals surface area contributed by atoms with Crippen LogP contribution in [0, 0.1) is 5.92 Å². The third-order valence-electron chi connectivity index (χ3n) is 2.09. The summed E-state index contributed by atoms with van der Waals surface area (Å²) in [5.74, 6) is -4.57. The van der Waals surface area contributed by atoms with Crippen molar-refractivity contribution >= 4 is 5.97 Å². The molecule has 1 N–H and O–H groups in total. The maximum Gasteiger partial charge on any atom is 0.403 e. The quantitative estimate of drug-likeness (QED) is 0.831. The van der Waals surface area contributed by atoms with Crippen molar-refractivity contribution < 1.29 is 23.1 Å². The number of halogens is 3. The molecule has 0 aliphatic carbocycles. The summed E-state index contributed by atoms with van der Waals surface area (Å²) in [5, 5.41) is 8.43. The molecule has 0 saturated heterocycles. The first kappa shape index (κ1) is 12.3. The van der Waals surface area contributed by atoms with Crippen molar-refractivity contribution in [1.29, 1.82) is 0 Å². The van der Waals surface area contributed by atoms with Gasteiger partial charge >= 0.3 is 17.8 Å². The molecule has 90 valence electrons. The van der Waals surface area contributed by atoms with Crippen molar-refractivity contribution in [2.24, 2.45) is 13.0 Å². The number of aryl methyl sites for hydroxylation is 1. The molecule has 0 aliphatic heterocycles.